The van der Waals surface area contributed by atoms with E-state index in [2.05, 4.69) is 16.3 Å². The van der Waals surface area contributed by atoms with Crippen molar-refractivity contribution < 1.29 is 0 Å². The summed E-state index contributed by atoms with van der Waals surface area (Å²) in [5, 5.41) is 16.5. The molecule has 0 aliphatic heterocycles. The first-order valence-electron chi connectivity index (χ1n) is 4.14. The number of hydrogen-bond acceptors (Lipinski definition) is 3. The van der Waals surface area contributed by atoms with E-state index in [1.165, 1.54) is 0 Å². The minimum absolute atomic E-state index is 0.344. The molecule has 0 N–H and O–H groups in total. The molecule has 0 atom stereocenters. The molecule has 0 amide bonds. The summed E-state index contributed by atoms with van der Waals surface area (Å²) in [5.74, 6) is 0. The van der Waals surface area contributed by atoms with Crippen LogP contribution in [0.3, 0.4) is 0 Å². The summed E-state index contributed by atoms with van der Waals surface area (Å²) in [6, 6.07) is 2.36. The Morgan fingerprint density at radius 1 is 1.25 bits per heavy atom. The highest BCUT2D eigenvalue weighted by molar-refractivity contribution is 5.07. The Kier molecular flexibility index (Phi) is 1.58. The molecule has 2 rings (SSSR count). The highest BCUT2D eigenvalue weighted by atomic mass is 15.3. The Morgan fingerprint density at radius 3 is 2.33 bits per heavy atom. The third-order valence-corrected chi connectivity index (χ3v) is 2.55. The van der Waals surface area contributed by atoms with Crippen molar-refractivity contribution in [1.29, 1.82) is 5.26 Å². The van der Waals surface area contributed by atoms with E-state index in [4.69, 9.17) is 5.26 Å². The monoisotopic (exact) mass is 162 g/mol. The predicted octanol–water partition coefficient (Wildman–Crippen LogP) is 1.07. The number of hydrogen-bond donors (Lipinski definition) is 0. The average Bonchev–Trinajstić information content (AvgIpc) is 2.76. The largest absolute Gasteiger partial charge is 0.301 e. The maximum absolute atomic E-state index is 9.06. The predicted molar refractivity (Wildman–Crippen MR) is 42.1 cm³/mol. The van der Waals surface area contributed by atoms with Gasteiger partial charge in [-0.3, -0.25) is 0 Å². The lowest BCUT2D eigenvalue weighted by molar-refractivity contribution is 0.393. The number of nitrogens with zero attached hydrogens (tertiary/aromatic N) is 4. The Hall–Kier alpha value is -1.37. The van der Waals surface area contributed by atoms with E-state index in [0.717, 1.165) is 25.7 Å². The van der Waals surface area contributed by atoms with Crippen molar-refractivity contribution in [1.82, 2.24) is 14.8 Å². The Morgan fingerprint density at radius 2 is 1.83 bits per heavy atom. The Balaban J connectivity index is 2.36. The minimum Gasteiger partial charge on any atom is -0.301 e. The van der Waals surface area contributed by atoms with Crippen LogP contribution in [0.4, 0.5) is 0 Å². The molecule has 4 heteroatoms. The zero-order chi connectivity index (χ0) is 8.44. The Bertz CT molecular complexity index is 289. The molecule has 0 aromatic carbocycles. The summed E-state index contributed by atoms with van der Waals surface area (Å²) < 4.78 is 1.83. The molecule has 0 bridgehead atoms. The van der Waals surface area contributed by atoms with E-state index in [0.29, 0.717) is 0 Å². The maximum atomic E-state index is 9.06. The highest BCUT2D eigenvalue weighted by Crippen LogP contribution is 2.35. The van der Waals surface area contributed by atoms with Gasteiger partial charge in [-0.25, -0.2) is 0 Å². The fraction of sp³-hybridized carbons (Fsp3) is 0.625. The van der Waals surface area contributed by atoms with Crippen LogP contribution in [0.1, 0.15) is 25.7 Å². The normalized spacial score (nSPS) is 20.6. The van der Waals surface area contributed by atoms with Gasteiger partial charge in [-0.2, -0.15) is 5.26 Å². The van der Waals surface area contributed by atoms with Gasteiger partial charge in [-0.15, -0.1) is 10.2 Å². The molecule has 1 aromatic rings. The summed E-state index contributed by atoms with van der Waals surface area (Å²) in [6.45, 7) is 0. The zero-order valence-electron chi connectivity index (χ0n) is 6.77. The summed E-state index contributed by atoms with van der Waals surface area (Å²) in [6.07, 6.45) is 7.39. The van der Waals surface area contributed by atoms with Crippen molar-refractivity contribution >= 4 is 0 Å². The van der Waals surface area contributed by atoms with Gasteiger partial charge >= 0.3 is 0 Å². The molecule has 1 saturated carbocycles. The third kappa shape index (κ3) is 0.900. The van der Waals surface area contributed by atoms with Crippen LogP contribution in [0.15, 0.2) is 12.7 Å². The molecular formula is C8H10N4. The van der Waals surface area contributed by atoms with E-state index in [1.54, 1.807) is 12.7 Å². The van der Waals surface area contributed by atoms with Gasteiger partial charge in [0, 0.05) is 0 Å². The van der Waals surface area contributed by atoms with Crippen molar-refractivity contribution in [3.63, 3.8) is 0 Å². The topological polar surface area (TPSA) is 54.5 Å². The first-order valence-corrected chi connectivity index (χ1v) is 4.14. The van der Waals surface area contributed by atoms with Gasteiger partial charge in [-0.05, 0) is 25.7 Å². The fourth-order valence-corrected chi connectivity index (χ4v) is 1.81. The minimum atomic E-state index is -0.344. The van der Waals surface area contributed by atoms with Crippen molar-refractivity contribution in [2.24, 2.45) is 0 Å². The molecule has 12 heavy (non-hydrogen) atoms. The first kappa shape index (κ1) is 7.29. The smallest absolute Gasteiger partial charge is 0.134 e. The van der Waals surface area contributed by atoms with Gasteiger partial charge in [0.1, 0.15) is 18.2 Å². The van der Waals surface area contributed by atoms with E-state index >= 15 is 0 Å². The van der Waals surface area contributed by atoms with Gasteiger partial charge < -0.3 is 4.57 Å². The van der Waals surface area contributed by atoms with Crippen LogP contribution in [-0.2, 0) is 5.54 Å². The van der Waals surface area contributed by atoms with E-state index < -0.39 is 0 Å². The number of rotatable bonds is 1. The van der Waals surface area contributed by atoms with Gasteiger partial charge in [0.2, 0.25) is 0 Å². The van der Waals surface area contributed by atoms with E-state index in [9.17, 15) is 0 Å². The summed E-state index contributed by atoms with van der Waals surface area (Å²) in [7, 11) is 0. The third-order valence-electron chi connectivity index (χ3n) is 2.55. The Labute approximate surface area is 70.8 Å². The molecule has 1 aliphatic carbocycles. The highest BCUT2D eigenvalue weighted by Gasteiger charge is 2.35. The molecule has 1 fully saturated rings. The number of nitriles is 1. The average molecular weight is 162 g/mol. The van der Waals surface area contributed by atoms with Crippen molar-refractivity contribution in [2.45, 2.75) is 31.2 Å². The quantitative estimate of drug-likeness (QED) is 0.620. The molecule has 4 nitrogen and oxygen atoms in total. The van der Waals surface area contributed by atoms with Gasteiger partial charge in [0.05, 0.1) is 6.07 Å². The molecule has 0 spiro atoms. The van der Waals surface area contributed by atoms with Crippen LogP contribution in [0.2, 0.25) is 0 Å². The molecule has 0 unspecified atom stereocenters. The lowest BCUT2D eigenvalue weighted by Crippen LogP contribution is -2.26. The molecule has 0 saturated heterocycles. The lowest BCUT2D eigenvalue weighted by atomic mass is 10.0. The first-order chi connectivity index (χ1) is 5.87. The zero-order valence-corrected chi connectivity index (χ0v) is 6.77. The lowest BCUT2D eigenvalue weighted by Gasteiger charge is -2.20. The molecule has 1 aromatic heterocycles. The standard InChI is InChI=1S/C8H10N4/c9-5-8(3-1-2-4-8)12-6-10-11-7-12/h6-7H,1-4H2. The van der Waals surface area contributed by atoms with Crippen LogP contribution in [-0.4, -0.2) is 14.8 Å². The molecule has 62 valence electrons. The van der Waals surface area contributed by atoms with Crippen molar-refractivity contribution in [2.75, 3.05) is 0 Å². The molecule has 1 heterocycles. The summed E-state index contributed by atoms with van der Waals surface area (Å²) >= 11 is 0. The van der Waals surface area contributed by atoms with Crippen molar-refractivity contribution in [3.05, 3.63) is 12.7 Å². The van der Waals surface area contributed by atoms with Crippen LogP contribution < -0.4 is 0 Å². The molecule has 1 aliphatic rings. The van der Waals surface area contributed by atoms with E-state index in [-0.39, 0.29) is 5.54 Å². The van der Waals surface area contributed by atoms with Crippen LogP contribution >= 0.6 is 0 Å². The second-order valence-electron chi connectivity index (χ2n) is 3.22. The fourth-order valence-electron chi connectivity index (χ4n) is 1.81. The number of aromatic nitrogens is 3. The van der Waals surface area contributed by atoms with E-state index in [1.807, 2.05) is 4.57 Å². The van der Waals surface area contributed by atoms with Gasteiger partial charge in [0.25, 0.3) is 0 Å². The van der Waals surface area contributed by atoms with Crippen molar-refractivity contribution in [3.8, 4) is 6.07 Å². The van der Waals surface area contributed by atoms with Crippen LogP contribution in [0.5, 0.6) is 0 Å². The maximum Gasteiger partial charge on any atom is 0.134 e. The second kappa shape index (κ2) is 2.59. The summed E-state index contributed by atoms with van der Waals surface area (Å²) in [5.41, 5.74) is -0.344. The van der Waals surface area contributed by atoms with Crippen LogP contribution in [0.25, 0.3) is 0 Å². The summed E-state index contributed by atoms with van der Waals surface area (Å²) in [4.78, 5) is 0. The van der Waals surface area contributed by atoms with Crippen LogP contribution in [0, 0.1) is 11.3 Å². The second-order valence-corrected chi connectivity index (χ2v) is 3.22. The molecule has 0 radical (unpaired) electrons. The SMILES string of the molecule is N#CC1(n2cnnc2)CCCC1. The molecular weight excluding hydrogens is 152 g/mol. The van der Waals surface area contributed by atoms with Gasteiger partial charge in [0.15, 0.2) is 0 Å². The van der Waals surface area contributed by atoms with Gasteiger partial charge in [-0.1, -0.05) is 0 Å².